The van der Waals surface area contributed by atoms with Crippen LogP contribution >= 0.6 is 0 Å². The molecule has 1 aromatic carbocycles. The summed E-state index contributed by atoms with van der Waals surface area (Å²) in [6.07, 6.45) is 5.22. The standard InChI is InChI=1S/C20H18N10/c1-12-24-18(21-2)28-19(25-12)30-16-4-3-14(13-5-8-22-9-6-13)11-15(16)26-20(30)27-17-7-10-23-29-17/h3-11H,1-2H3,(H,21,24,25,28)(H2,23,26,27,29). The van der Waals surface area contributed by atoms with Crippen LogP contribution in [0.25, 0.3) is 28.1 Å². The van der Waals surface area contributed by atoms with Crippen LogP contribution in [0.1, 0.15) is 5.82 Å². The molecule has 0 radical (unpaired) electrons. The van der Waals surface area contributed by atoms with Gasteiger partial charge in [-0.1, -0.05) is 6.07 Å². The molecule has 148 valence electrons. The average Bonchev–Trinajstić information content (AvgIpc) is 3.41. The smallest absolute Gasteiger partial charge is 0.242 e. The van der Waals surface area contributed by atoms with Crippen LogP contribution in [0.5, 0.6) is 0 Å². The molecular weight excluding hydrogens is 380 g/mol. The zero-order valence-corrected chi connectivity index (χ0v) is 16.3. The van der Waals surface area contributed by atoms with E-state index in [-0.39, 0.29) is 0 Å². The Morgan fingerprint density at radius 1 is 0.900 bits per heavy atom. The van der Waals surface area contributed by atoms with Gasteiger partial charge < -0.3 is 10.6 Å². The molecule has 0 aliphatic carbocycles. The lowest BCUT2D eigenvalue weighted by Crippen LogP contribution is -2.10. The molecule has 0 aliphatic heterocycles. The van der Waals surface area contributed by atoms with Crippen molar-refractivity contribution in [3.05, 3.63) is 60.8 Å². The summed E-state index contributed by atoms with van der Waals surface area (Å²) >= 11 is 0. The van der Waals surface area contributed by atoms with Crippen molar-refractivity contribution in [2.75, 3.05) is 17.7 Å². The van der Waals surface area contributed by atoms with Gasteiger partial charge in [0, 0.05) is 25.5 Å². The minimum Gasteiger partial charge on any atom is -0.357 e. The first kappa shape index (κ1) is 17.7. The van der Waals surface area contributed by atoms with Gasteiger partial charge in [-0.05, 0) is 42.3 Å². The third-order valence-electron chi connectivity index (χ3n) is 4.57. The summed E-state index contributed by atoms with van der Waals surface area (Å²) in [5.74, 6) is 2.83. The number of hydrogen-bond acceptors (Lipinski definition) is 8. The number of anilines is 3. The number of rotatable bonds is 5. The summed E-state index contributed by atoms with van der Waals surface area (Å²) in [5.41, 5.74) is 3.78. The second-order valence-corrected chi connectivity index (χ2v) is 6.56. The van der Waals surface area contributed by atoms with Crippen LogP contribution in [0.3, 0.4) is 0 Å². The Labute approximate surface area is 171 Å². The largest absolute Gasteiger partial charge is 0.357 e. The minimum absolute atomic E-state index is 0.466. The summed E-state index contributed by atoms with van der Waals surface area (Å²) in [5, 5.41) is 13.1. The van der Waals surface area contributed by atoms with Crippen molar-refractivity contribution in [2.24, 2.45) is 0 Å². The van der Waals surface area contributed by atoms with E-state index in [1.807, 2.05) is 47.9 Å². The SMILES string of the molecule is CNc1nc(C)nc(-n2c(Nc3ccn[nH]3)nc3cc(-c4ccncc4)ccc32)n1. The highest BCUT2D eigenvalue weighted by Crippen LogP contribution is 2.29. The normalized spacial score (nSPS) is 11.0. The van der Waals surface area contributed by atoms with Gasteiger partial charge in [-0.15, -0.1) is 0 Å². The Morgan fingerprint density at radius 2 is 1.77 bits per heavy atom. The number of imidazole rings is 1. The maximum absolute atomic E-state index is 4.80. The van der Waals surface area contributed by atoms with Gasteiger partial charge in [0.2, 0.25) is 17.8 Å². The number of benzene rings is 1. The Kier molecular flexibility index (Phi) is 4.28. The van der Waals surface area contributed by atoms with E-state index < -0.39 is 0 Å². The molecule has 3 N–H and O–H groups in total. The summed E-state index contributed by atoms with van der Waals surface area (Å²) in [7, 11) is 1.77. The highest BCUT2D eigenvalue weighted by atomic mass is 15.3. The van der Waals surface area contributed by atoms with Gasteiger partial charge in [0.05, 0.1) is 17.2 Å². The molecule has 0 spiro atoms. The predicted molar refractivity (Wildman–Crippen MR) is 114 cm³/mol. The number of fused-ring (bicyclic) bond motifs is 1. The molecule has 0 fully saturated rings. The molecule has 0 aliphatic rings. The molecule has 4 aromatic heterocycles. The van der Waals surface area contributed by atoms with Gasteiger partial charge >= 0.3 is 0 Å². The van der Waals surface area contributed by atoms with E-state index in [4.69, 9.17) is 4.98 Å². The van der Waals surface area contributed by atoms with Crippen molar-refractivity contribution >= 4 is 28.7 Å². The van der Waals surface area contributed by atoms with Crippen molar-refractivity contribution in [3.63, 3.8) is 0 Å². The molecule has 10 heteroatoms. The van der Waals surface area contributed by atoms with Crippen LogP contribution in [0, 0.1) is 6.92 Å². The third-order valence-corrected chi connectivity index (χ3v) is 4.57. The van der Waals surface area contributed by atoms with Crippen LogP contribution in [-0.2, 0) is 0 Å². The quantitative estimate of drug-likeness (QED) is 0.413. The van der Waals surface area contributed by atoms with Crippen molar-refractivity contribution in [3.8, 4) is 17.1 Å². The van der Waals surface area contributed by atoms with E-state index in [0.29, 0.717) is 29.5 Å². The molecule has 5 aromatic rings. The van der Waals surface area contributed by atoms with Gasteiger partial charge in [-0.2, -0.15) is 20.1 Å². The van der Waals surface area contributed by atoms with Crippen molar-refractivity contribution in [1.82, 2.24) is 39.7 Å². The van der Waals surface area contributed by atoms with Gasteiger partial charge in [0.1, 0.15) is 11.6 Å². The molecular formula is C20H18N10. The number of nitrogens with zero attached hydrogens (tertiary/aromatic N) is 7. The zero-order chi connectivity index (χ0) is 20.5. The molecule has 0 bridgehead atoms. The maximum atomic E-state index is 4.80. The number of H-pyrrole nitrogens is 1. The van der Waals surface area contributed by atoms with Gasteiger partial charge in [-0.25, -0.2) is 9.55 Å². The van der Waals surface area contributed by atoms with Gasteiger partial charge in [0.15, 0.2) is 0 Å². The van der Waals surface area contributed by atoms with Crippen molar-refractivity contribution < 1.29 is 0 Å². The first-order chi connectivity index (χ1) is 14.7. The summed E-state index contributed by atoms with van der Waals surface area (Å²) in [6.45, 7) is 1.83. The first-order valence-corrected chi connectivity index (χ1v) is 9.31. The molecule has 0 saturated carbocycles. The highest BCUT2D eigenvalue weighted by Gasteiger charge is 2.17. The molecule has 30 heavy (non-hydrogen) atoms. The van der Waals surface area contributed by atoms with Gasteiger partial charge in [-0.3, -0.25) is 10.1 Å². The number of nitrogens with one attached hydrogen (secondary N) is 3. The van der Waals surface area contributed by atoms with E-state index in [1.165, 1.54) is 0 Å². The Morgan fingerprint density at radius 3 is 2.53 bits per heavy atom. The molecule has 0 unspecified atom stereocenters. The first-order valence-electron chi connectivity index (χ1n) is 9.31. The van der Waals surface area contributed by atoms with E-state index in [1.54, 1.807) is 25.6 Å². The van der Waals surface area contributed by atoms with E-state index in [9.17, 15) is 0 Å². The minimum atomic E-state index is 0.466. The third kappa shape index (κ3) is 3.20. The van der Waals surface area contributed by atoms with Crippen LogP contribution in [0.2, 0.25) is 0 Å². The molecule has 0 amide bonds. The summed E-state index contributed by atoms with van der Waals surface area (Å²) in [6, 6.07) is 11.8. The van der Waals surface area contributed by atoms with Crippen molar-refractivity contribution in [2.45, 2.75) is 6.92 Å². The molecule has 4 heterocycles. The highest BCUT2D eigenvalue weighted by molar-refractivity contribution is 5.86. The van der Waals surface area contributed by atoms with Crippen LogP contribution in [0.15, 0.2) is 55.0 Å². The van der Waals surface area contributed by atoms with Crippen LogP contribution < -0.4 is 10.6 Å². The van der Waals surface area contributed by atoms with E-state index in [0.717, 1.165) is 22.2 Å². The molecule has 0 saturated heterocycles. The fourth-order valence-corrected chi connectivity index (χ4v) is 3.22. The van der Waals surface area contributed by atoms with Crippen LogP contribution in [-0.4, -0.2) is 46.7 Å². The number of hydrogen-bond donors (Lipinski definition) is 3. The molecule has 0 atom stereocenters. The number of aryl methyl sites for hydroxylation is 1. The topological polar surface area (TPSA) is 122 Å². The fraction of sp³-hybridized carbons (Fsp3) is 0.100. The summed E-state index contributed by atoms with van der Waals surface area (Å²) in [4.78, 5) is 22.2. The van der Waals surface area contributed by atoms with Crippen LogP contribution in [0.4, 0.5) is 17.7 Å². The maximum Gasteiger partial charge on any atom is 0.242 e. The van der Waals surface area contributed by atoms with E-state index >= 15 is 0 Å². The second kappa shape index (κ2) is 7.24. The lowest BCUT2D eigenvalue weighted by atomic mass is 10.1. The second-order valence-electron chi connectivity index (χ2n) is 6.56. The number of pyridine rings is 1. The Bertz CT molecular complexity index is 1310. The lowest BCUT2D eigenvalue weighted by molar-refractivity contribution is 0.887. The number of aromatic amines is 1. The average molecular weight is 398 g/mol. The Balaban J connectivity index is 1.71. The lowest BCUT2D eigenvalue weighted by Gasteiger charge is -2.10. The van der Waals surface area contributed by atoms with Crippen molar-refractivity contribution in [1.29, 1.82) is 0 Å². The number of aromatic nitrogens is 8. The van der Waals surface area contributed by atoms with Gasteiger partial charge in [0.25, 0.3) is 0 Å². The van der Waals surface area contributed by atoms with E-state index in [2.05, 4.69) is 40.8 Å². The fourth-order valence-electron chi connectivity index (χ4n) is 3.22. The Hall–Kier alpha value is -4.34. The monoisotopic (exact) mass is 398 g/mol. The summed E-state index contributed by atoms with van der Waals surface area (Å²) < 4.78 is 1.86. The zero-order valence-electron chi connectivity index (χ0n) is 16.3. The molecule has 10 nitrogen and oxygen atoms in total. The predicted octanol–water partition coefficient (Wildman–Crippen LogP) is 3.09. The molecule has 5 rings (SSSR count).